The minimum Gasteiger partial charge on any atom is -0.465 e. The van der Waals surface area contributed by atoms with Crippen LogP contribution in [0.1, 0.15) is 19.4 Å². The van der Waals surface area contributed by atoms with Crippen LogP contribution in [0.2, 0.25) is 0 Å². The van der Waals surface area contributed by atoms with E-state index in [-0.39, 0.29) is 12.1 Å². The van der Waals surface area contributed by atoms with E-state index in [4.69, 9.17) is 0 Å². The Balaban J connectivity index is 1.89. The van der Waals surface area contributed by atoms with Gasteiger partial charge in [-0.25, -0.2) is 9.78 Å². The van der Waals surface area contributed by atoms with Crippen LogP contribution in [0.15, 0.2) is 18.2 Å². The number of alkyl halides is 3. The number of rotatable bonds is 1. The van der Waals surface area contributed by atoms with E-state index in [2.05, 4.69) is 4.98 Å². The molecule has 0 radical (unpaired) electrons. The summed E-state index contributed by atoms with van der Waals surface area (Å²) in [6.45, 7) is 4.54. The lowest BCUT2D eigenvalue weighted by Gasteiger charge is -2.42. The lowest BCUT2D eigenvalue weighted by Crippen LogP contribution is -2.58. The number of aromatic nitrogens is 1. The highest BCUT2D eigenvalue weighted by Crippen LogP contribution is 2.36. The van der Waals surface area contributed by atoms with Gasteiger partial charge in [-0.3, -0.25) is 4.90 Å². The molecule has 130 valence electrons. The maximum Gasteiger partial charge on any atom is 0.416 e. The fraction of sp³-hybridized carbons (Fsp3) is 0.467. The molecule has 1 aliphatic rings. The minimum absolute atomic E-state index is 0.219. The van der Waals surface area contributed by atoms with Crippen LogP contribution in [-0.4, -0.2) is 46.3 Å². The van der Waals surface area contributed by atoms with Crippen molar-refractivity contribution in [2.45, 2.75) is 32.1 Å². The van der Waals surface area contributed by atoms with E-state index in [1.54, 1.807) is 0 Å². The summed E-state index contributed by atoms with van der Waals surface area (Å²) in [4.78, 5) is 19.0. The van der Waals surface area contributed by atoms with Gasteiger partial charge < -0.3 is 10.0 Å². The molecular formula is C15H16F3N3O2S. The molecule has 0 bridgehead atoms. The van der Waals surface area contributed by atoms with Crippen molar-refractivity contribution in [1.29, 1.82) is 0 Å². The van der Waals surface area contributed by atoms with E-state index in [9.17, 15) is 23.1 Å². The Kier molecular flexibility index (Phi) is 4.06. The third-order valence-electron chi connectivity index (χ3n) is 4.11. The molecule has 0 unspecified atom stereocenters. The molecule has 1 saturated heterocycles. The number of amides is 1. The Morgan fingerprint density at radius 1 is 1.29 bits per heavy atom. The molecule has 1 N–H and O–H groups in total. The second-order valence-corrected chi connectivity index (χ2v) is 6.98. The van der Waals surface area contributed by atoms with Crippen molar-refractivity contribution < 1.29 is 23.1 Å². The van der Waals surface area contributed by atoms with Crippen molar-refractivity contribution in [2.75, 3.05) is 18.0 Å². The summed E-state index contributed by atoms with van der Waals surface area (Å²) < 4.78 is 38.9. The average molecular weight is 359 g/mol. The van der Waals surface area contributed by atoms with Gasteiger partial charge in [-0.1, -0.05) is 11.3 Å². The molecule has 0 aliphatic carbocycles. The van der Waals surface area contributed by atoms with Crippen LogP contribution in [0.3, 0.4) is 0 Å². The number of carboxylic acid groups (broad SMARTS) is 1. The fourth-order valence-corrected chi connectivity index (χ4v) is 4.10. The second-order valence-electron chi connectivity index (χ2n) is 5.97. The predicted octanol–water partition coefficient (Wildman–Crippen LogP) is 3.89. The van der Waals surface area contributed by atoms with E-state index in [1.807, 2.05) is 18.7 Å². The fourth-order valence-electron chi connectivity index (χ4n) is 3.08. The van der Waals surface area contributed by atoms with Crippen LogP contribution >= 0.6 is 11.3 Å². The summed E-state index contributed by atoms with van der Waals surface area (Å²) in [6, 6.07) is 3.07. The number of anilines is 1. The van der Waals surface area contributed by atoms with Gasteiger partial charge in [-0.2, -0.15) is 13.2 Å². The summed E-state index contributed by atoms with van der Waals surface area (Å²) in [7, 11) is 0. The molecule has 5 nitrogen and oxygen atoms in total. The molecule has 9 heteroatoms. The molecule has 1 fully saturated rings. The Bertz CT molecular complexity index is 765. The zero-order valence-corrected chi connectivity index (χ0v) is 13.9. The molecular weight excluding hydrogens is 343 g/mol. The molecule has 2 aromatic rings. The molecule has 2 heterocycles. The Hall–Kier alpha value is -2.03. The lowest BCUT2D eigenvalue weighted by molar-refractivity contribution is -0.137. The normalized spacial score (nSPS) is 22.2. The predicted molar refractivity (Wildman–Crippen MR) is 85.6 cm³/mol. The number of nitrogens with zero attached hydrogens (tertiary/aromatic N) is 3. The van der Waals surface area contributed by atoms with Crippen LogP contribution in [-0.2, 0) is 6.18 Å². The Morgan fingerprint density at radius 3 is 2.46 bits per heavy atom. The highest BCUT2D eigenvalue weighted by molar-refractivity contribution is 7.22. The van der Waals surface area contributed by atoms with Gasteiger partial charge in [0.15, 0.2) is 5.13 Å². The minimum atomic E-state index is -4.38. The molecule has 1 amide bonds. The van der Waals surface area contributed by atoms with Gasteiger partial charge in [0.1, 0.15) is 0 Å². The molecule has 1 aromatic carbocycles. The number of piperazine rings is 1. The third kappa shape index (κ3) is 3.00. The highest BCUT2D eigenvalue weighted by Gasteiger charge is 2.34. The summed E-state index contributed by atoms with van der Waals surface area (Å²) in [6.07, 6.45) is -5.34. The first-order valence-electron chi connectivity index (χ1n) is 7.41. The number of hydrogen-bond donors (Lipinski definition) is 1. The summed E-state index contributed by atoms with van der Waals surface area (Å²) in [5, 5.41) is 9.86. The van der Waals surface area contributed by atoms with E-state index in [1.165, 1.54) is 22.3 Å². The summed E-state index contributed by atoms with van der Waals surface area (Å²) in [5.74, 6) is 0. The van der Waals surface area contributed by atoms with Crippen molar-refractivity contribution in [3.05, 3.63) is 23.8 Å². The highest BCUT2D eigenvalue weighted by atomic mass is 32.1. The smallest absolute Gasteiger partial charge is 0.416 e. The maximum atomic E-state index is 12.8. The maximum absolute atomic E-state index is 12.8. The van der Waals surface area contributed by atoms with E-state index < -0.39 is 17.8 Å². The standard InChI is InChI=1S/C15H16F3N3O2S/c1-8-6-20(7-9(2)21(8)14(22)23)13-19-11-4-3-10(15(16,17)18)5-12(11)24-13/h3-5,8-9H,6-7H2,1-2H3,(H,22,23)/t8-,9+. The zero-order valence-electron chi connectivity index (χ0n) is 13.0. The monoisotopic (exact) mass is 359 g/mol. The van der Waals surface area contributed by atoms with E-state index in [0.717, 1.165) is 12.1 Å². The molecule has 0 spiro atoms. The van der Waals surface area contributed by atoms with Crippen molar-refractivity contribution in [1.82, 2.24) is 9.88 Å². The van der Waals surface area contributed by atoms with Crippen molar-refractivity contribution in [2.24, 2.45) is 0 Å². The lowest BCUT2D eigenvalue weighted by atomic mass is 10.1. The third-order valence-corrected chi connectivity index (χ3v) is 5.19. The number of hydrogen-bond acceptors (Lipinski definition) is 4. The van der Waals surface area contributed by atoms with Crippen LogP contribution < -0.4 is 4.90 Å². The van der Waals surface area contributed by atoms with Crippen LogP contribution in [0, 0.1) is 0 Å². The topological polar surface area (TPSA) is 56.7 Å². The van der Waals surface area contributed by atoms with Gasteiger partial charge in [0.25, 0.3) is 0 Å². The molecule has 1 aliphatic heterocycles. The first-order valence-corrected chi connectivity index (χ1v) is 8.22. The van der Waals surface area contributed by atoms with Gasteiger partial charge in [0.2, 0.25) is 0 Å². The van der Waals surface area contributed by atoms with Gasteiger partial charge in [-0.15, -0.1) is 0 Å². The number of halogens is 3. The van der Waals surface area contributed by atoms with E-state index >= 15 is 0 Å². The first kappa shape index (κ1) is 16.8. The second kappa shape index (κ2) is 5.80. The zero-order chi connectivity index (χ0) is 17.6. The number of benzene rings is 1. The summed E-state index contributed by atoms with van der Waals surface area (Å²) in [5.41, 5.74) is -0.174. The van der Waals surface area contributed by atoms with Gasteiger partial charge in [0.05, 0.1) is 27.9 Å². The van der Waals surface area contributed by atoms with Crippen molar-refractivity contribution in [3.8, 4) is 0 Å². The first-order chi connectivity index (χ1) is 11.2. The Labute approximate surface area is 140 Å². The number of thiazole rings is 1. The molecule has 2 atom stereocenters. The van der Waals surface area contributed by atoms with Gasteiger partial charge >= 0.3 is 12.3 Å². The van der Waals surface area contributed by atoms with Gasteiger partial charge in [-0.05, 0) is 32.0 Å². The van der Waals surface area contributed by atoms with Gasteiger partial charge in [0, 0.05) is 13.1 Å². The quantitative estimate of drug-likeness (QED) is 0.839. The van der Waals surface area contributed by atoms with E-state index in [0.29, 0.717) is 28.4 Å². The Morgan fingerprint density at radius 2 is 1.92 bits per heavy atom. The largest absolute Gasteiger partial charge is 0.465 e. The summed E-state index contributed by atoms with van der Waals surface area (Å²) >= 11 is 1.20. The van der Waals surface area contributed by atoms with Crippen molar-refractivity contribution >= 4 is 32.8 Å². The SMILES string of the molecule is C[C@@H]1CN(c2nc3ccc(C(F)(F)F)cc3s2)C[C@H](C)N1C(=O)O. The van der Waals surface area contributed by atoms with Crippen LogP contribution in [0.25, 0.3) is 10.2 Å². The molecule has 24 heavy (non-hydrogen) atoms. The number of fused-ring (bicyclic) bond motifs is 1. The average Bonchev–Trinajstić information content (AvgIpc) is 2.87. The van der Waals surface area contributed by atoms with Crippen LogP contribution in [0.4, 0.5) is 23.1 Å². The number of carbonyl (C=O) groups is 1. The van der Waals surface area contributed by atoms with Crippen molar-refractivity contribution in [3.63, 3.8) is 0 Å². The van der Waals surface area contributed by atoms with Crippen LogP contribution in [0.5, 0.6) is 0 Å². The molecule has 1 aromatic heterocycles. The molecule has 3 rings (SSSR count). The molecule has 0 saturated carbocycles.